The summed E-state index contributed by atoms with van der Waals surface area (Å²) >= 11 is 1.31. The van der Waals surface area contributed by atoms with Gasteiger partial charge in [0.1, 0.15) is 10.6 Å². The number of methoxy groups -OCH3 is 1. The Morgan fingerprint density at radius 1 is 1.29 bits per heavy atom. The Morgan fingerprint density at radius 3 is 2.71 bits per heavy atom. The van der Waals surface area contributed by atoms with Gasteiger partial charge in [-0.05, 0) is 43.6 Å². The highest BCUT2D eigenvalue weighted by Crippen LogP contribution is 2.37. The van der Waals surface area contributed by atoms with E-state index in [9.17, 15) is 4.79 Å². The van der Waals surface area contributed by atoms with Crippen molar-refractivity contribution in [3.8, 4) is 5.75 Å². The first-order valence-corrected chi connectivity index (χ1v) is 10.7. The lowest BCUT2D eigenvalue weighted by Gasteiger charge is -2.30. The van der Waals surface area contributed by atoms with Gasteiger partial charge in [0, 0.05) is 17.6 Å². The van der Waals surface area contributed by atoms with E-state index in [2.05, 4.69) is 35.0 Å². The molecule has 0 unspecified atom stereocenters. The monoisotopic (exact) mass is 398 g/mol. The lowest BCUT2D eigenvalue weighted by molar-refractivity contribution is 0.103. The Labute approximate surface area is 168 Å². The molecule has 2 aromatic heterocycles. The van der Waals surface area contributed by atoms with Crippen molar-refractivity contribution in [3.63, 3.8) is 0 Å². The summed E-state index contributed by atoms with van der Waals surface area (Å²) in [6, 6.07) is 4.29. The summed E-state index contributed by atoms with van der Waals surface area (Å²) in [4.78, 5) is 16.9. The number of anilines is 1. The first-order chi connectivity index (χ1) is 13.5. The van der Waals surface area contributed by atoms with E-state index in [4.69, 9.17) is 9.84 Å². The molecule has 6 nitrogen and oxygen atoms in total. The number of hydrogen-bond acceptors (Lipinski definition) is 5. The van der Waals surface area contributed by atoms with E-state index in [0.717, 1.165) is 22.7 Å². The molecule has 28 heavy (non-hydrogen) atoms. The van der Waals surface area contributed by atoms with Gasteiger partial charge < -0.3 is 10.1 Å². The first-order valence-electron chi connectivity index (χ1n) is 9.82. The fourth-order valence-electron chi connectivity index (χ4n) is 4.07. The lowest BCUT2D eigenvalue weighted by atomic mass is 9.80. The zero-order chi connectivity index (χ0) is 19.7. The van der Waals surface area contributed by atoms with Crippen LogP contribution in [0.25, 0.3) is 10.9 Å². The van der Waals surface area contributed by atoms with Crippen LogP contribution in [-0.4, -0.2) is 27.8 Å². The molecule has 0 spiro atoms. The van der Waals surface area contributed by atoms with Crippen LogP contribution in [0.3, 0.4) is 0 Å². The van der Waals surface area contributed by atoms with Crippen LogP contribution in [0.1, 0.15) is 55.2 Å². The zero-order valence-electron chi connectivity index (χ0n) is 16.5. The third kappa shape index (κ3) is 3.76. The number of fused-ring (bicyclic) bond motifs is 1. The van der Waals surface area contributed by atoms with E-state index in [-0.39, 0.29) is 5.91 Å². The number of benzene rings is 1. The molecule has 1 N–H and O–H groups in total. The molecule has 0 bridgehead atoms. The van der Waals surface area contributed by atoms with E-state index in [0.29, 0.717) is 22.4 Å². The Morgan fingerprint density at radius 2 is 2.07 bits per heavy atom. The molecule has 1 aromatic carbocycles. The average molecular weight is 399 g/mol. The van der Waals surface area contributed by atoms with Crippen LogP contribution in [0.5, 0.6) is 5.75 Å². The van der Waals surface area contributed by atoms with Crippen LogP contribution in [0.4, 0.5) is 5.69 Å². The minimum absolute atomic E-state index is 0.181. The molecule has 2 heterocycles. The van der Waals surface area contributed by atoms with Gasteiger partial charge >= 0.3 is 0 Å². The highest BCUT2D eigenvalue weighted by Gasteiger charge is 2.25. The molecule has 0 aliphatic heterocycles. The summed E-state index contributed by atoms with van der Waals surface area (Å²) in [5.41, 5.74) is 3.18. The topological polar surface area (TPSA) is 69.0 Å². The quantitative estimate of drug-likeness (QED) is 0.646. The zero-order valence-corrected chi connectivity index (χ0v) is 17.3. The predicted octanol–water partition coefficient (Wildman–Crippen LogP) is 5.14. The minimum atomic E-state index is -0.181. The summed E-state index contributed by atoms with van der Waals surface area (Å²) in [5.74, 6) is 2.01. The Kier molecular flexibility index (Phi) is 5.35. The van der Waals surface area contributed by atoms with Crippen LogP contribution in [0.15, 0.2) is 30.0 Å². The van der Waals surface area contributed by atoms with Crippen LogP contribution >= 0.6 is 11.3 Å². The molecule has 3 aromatic rings. The molecule has 0 atom stereocenters. The number of carbonyl (C=O) groups excluding carboxylic acids is 1. The van der Waals surface area contributed by atoms with Gasteiger partial charge in [0.25, 0.3) is 5.91 Å². The second-order valence-corrected chi connectivity index (χ2v) is 8.74. The van der Waals surface area contributed by atoms with Crippen LogP contribution < -0.4 is 10.1 Å². The number of rotatable bonds is 5. The molecule has 1 fully saturated rings. The molecule has 0 saturated heterocycles. The van der Waals surface area contributed by atoms with Crippen molar-refractivity contribution in [2.75, 3.05) is 12.4 Å². The van der Waals surface area contributed by atoms with Gasteiger partial charge in [-0.1, -0.05) is 13.8 Å². The van der Waals surface area contributed by atoms with E-state index in [1.54, 1.807) is 18.8 Å². The summed E-state index contributed by atoms with van der Waals surface area (Å²) in [6.45, 7) is 4.64. The van der Waals surface area contributed by atoms with Crippen molar-refractivity contribution in [1.82, 2.24) is 14.8 Å². The summed E-state index contributed by atoms with van der Waals surface area (Å²) < 4.78 is 7.60. The van der Waals surface area contributed by atoms with Gasteiger partial charge in [-0.25, -0.2) is 0 Å². The molecule has 1 amide bonds. The molecule has 1 saturated carbocycles. The molecule has 1 aliphatic carbocycles. The molecule has 4 rings (SSSR count). The smallest absolute Gasteiger partial charge is 0.267 e. The number of nitrogens with one attached hydrogen (secondary N) is 1. The molecular formula is C21H26N4O2S. The SMILES string of the molecule is COc1cc2nn([C@H]3CC[C@H](C(C)C)CC3)cc2cc1NC(=O)c1cncs1. The van der Waals surface area contributed by atoms with Crippen molar-refractivity contribution in [2.24, 2.45) is 11.8 Å². The number of ether oxygens (including phenoxy) is 1. The number of amides is 1. The third-order valence-electron chi connectivity index (χ3n) is 5.81. The summed E-state index contributed by atoms with van der Waals surface area (Å²) in [5, 5.41) is 8.74. The van der Waals surface area contributed by atoms with Crippen molar-refractivity contribution in [2.45, 2.75) is 45.6 Å². The van der Waals surface area contributed by atoms with Crippen LogP contribution in [0, 0.1) is 11.8 Å². The second-order valence-electron chi connectivity index (χ2n) is 7.85. The molecular weight excluding hydrogens is 372 g/mol. The van der Waals surface area contributed by atoms with Gasteiger partial charge in [-0.2, -0.15) is 5.10 Å². The van der Waals surface area contributed by atoms with Crippen LogP contribution in [0.2, 0.25) is 0 Å². The van der Waals surface area contributed by atoms with E-state index in [1.807, 2.05) is 12.1 Å². The maximum atomic E-state index is 12.4. The van der Waals surface area contributed by atoms with Crippen molar-refractivity contribution >= 4 is 33.8 Å². The number of nitrogens with zero attached hydrogens (tertiary/aromatic N) is 3. The van der Waals surface area contributed by atoms with Gasteiger partial charge in [-0.3, -0.25) is 14.5 Å². The van der Waals surface area contributed by atoms with Crippen molar-refractivity contribution < 1.29 is 9.53 Å². The standard InChI is InChI=1S/C21H26N4O2S/c1-13(2)14-4-6-16(7-5-14)25-11-15-8-18(19(27-3)9-17(15)24-25)23-21(26)20-10-22-12-28-20/h8-14,16H,4-7H2,1-3H3,(H,23,26)/t14-,16-. The average Bonchev–Trinajstić information content (AvgIpc) is 3.37. The Balaban J connectivity index is 1.57. The minimum Gasteiger partial charge on any atom is -0.494 e. The van der Waals surface area contributed by atoms with Gasteiger partial charge in [-0.15, -0.1) is 11.3 Å². The normalized spacial score (nSPS) is 19.9. The summed E-state index contributed by atoms with van der Waals surface area (Å²) in [7, 11) is 1.60. The van der Waals surface area contributed by atoms with Gasteiger partial charge in [0.05, 0.1) is 36.1 Å². The Hall–Kier alpha value is -2.41. The Bertz CT molecular complexity index is 956. The number of thiazole rings is 1. The third-order valence-corrected chi connectivity index (χ3v) is 6.58. The number of hydrogen-bond donors (Lipinski definition) is 1. The highest BCUT2D eigenvalue weighted by molar-refractivity contribution is 7.11. The maximum absolute atomic E-state index is 12.4. The number of carbonyl (C=O) groups is 1. The molecule has 7 heteroatoms. The van der Waals surface area contributed by atoms with Gasteiger partial charge in [0.2, 0.25) is 0 Å². The molecule has 1 aliphatic rings. The lowest BCUT2D eigenvalue weighted by Crippen LogP contribution is -2.21. The first kappa shape index (κ1) is 18.9. The van der Waals surface area contributed by atoms with Gasteiger partial charge in [0.15, 0.2) is 0 Å². The maximum Gasteiger partial charge on any atom is 0.267 e. The molecule has 148 valence electrons. The largest absolute Gasteiger partial charge is 0.494 e. The second kappa shape index (κ2) is 7.91. The molecule has 0 radical (unpaired) electrons. The fraction of sp³-hybridized carbons (Fsp3) is 0.476. The van der Waals surface area contributed by atoms with E-state index >= 15 is 0 Å². The number of aromatic nitrogens is 3. The van der Waals surface area contributed by atoms with Crippen LogP contribution in [-0.2, 0) is 0 Å². The highest BCUT2D eigenvalue weighted by atomic mass is 32.1. The van der Waals surface area contributed by atoms with E-state index < -0.39 is 0 Å². The van der Waals surface area contributed by atoms with Crippen molar-refractivity contribution in [1.29, 1.82) is 0 Å². The van der Waals surface area contributed by atoms with E-state index in [1.165, 1.54) is 37.0 Å². The fourth-order valence-corrected chi connectivity index (χ4v) is 4.58. The van der Waals surface area contributed by atoms with Crippen molar-refractivity contribution in [3.05, 3.63) is 34.9 Å². The summed E-state index contributed by atoms with van der Waals surface area (Å²) in [6.07, 6.45) is 8.52. The predicted molar refractivity (Wildman–Crippen MR) is 112 cm³/mol.